The Morgan fingerprint density at radius 2 is 1.82 bits per heavy atom. The Balaban J connectivity index is 0.835. The molecule has 300 valence electrons. The highest BCUT2D eigenvalue weighted by molar-refractivity contribution is 6.05. The van der Waals surface area contributed by atoms with Crippen LogP contribution in [0.3, 0.4) is 0 Å². The van der Waals surface area contributed by atoms with Gasteiger partial charge >= 0.3 is 6.03 Å². The van der Waals surface area contributed by atoms with Crippen LogP contribution in [0, 0.1) is 0 Å². The molecule has 3 saturated heterocycles. The van der Waals surface area contributed by atoms with Crippen LogP contribution in [0.2, 0.25) is 0 Å². The van der Waals surface area contributed by atoms with Crippen LogP contribution in [0.4, 0.5) is 22.1 Å². The number of aryl methyl sites for hydroxylation is 1. The van der Waals surface area contributed by atoms with E-state index in [1.165, 1.54) is 4.90 Å². The smallest absolute Gasteiger partial charge is 0.320 e. The Labute approximate surface area is 330 Å². The van der Waals surface area contributed by atoms with Crippen LogP contribution in [0.5, 0.6) is 5.75 Å². The topological polar surface area (TPSA) is 212 Å². The number of ether oxygens (including phenoxy) is 1. The van der Waals surface area contributed by atoms with Gasteiger partial charge in [0.25, 0.3) is 11.8 Å². The van der Waals surface area contributed by atoms with Crippen molar-refractivity contribution in [1.82, 2.24) is 35.3 Å². The van der Waals surface area contributed by atoms with Crippen molar-refractivity contribution < 1.29 is 33.5 Å². The van der Waals surface area contributed by atoms with Gasteiger partial charge in [0.15, 0.2) is 11.5 Å². The van der Waals surface area contributed by atoms with E-state index in [4.69, 9.17) is 15.5 Å². The number of likely N-dealkylation sites (N-methyl/N-ethyl adjacent to an activating group) is 1. The zero-order valence-corrected chi connectivity index (χ0v) is 32.0. The van der Waals surface area contributed by atoms with Gasteiger partial charge in [0.05, 0.1) is 18.8 Å². The number of carbonyl (C=O) groups excluding carboxylic acids is 6. The molecule has 7 amide bonds. The van der Waals surface area contributed by atoms with Crippen molar-refractivity contribution in [3.63, 3.8) is 0 Å². The van der Waals surface area contributed by atoms with Gasteiger partial charge in [-0.05, 0) is 80.0 Å². The van der Waals surface area contributed by atoms with Crippen molar-refractivity contribution in [2.75, 3.05) is 56.6 Å². The summed E-state index contributed by atoms with van der Waals surface area (Å²) in [5.74, 6) is -0.283. The van der Waals surface area contributed by atoms with E-state index < -0.39 is 17.9 Å². The van der Waals surface area contributed by atoms with Crippen LogP contribution < -0.4 is 31.3 Å². The summed E-state index contributed by atoms with van der Waals surface area (Å²) in [6, 6.07) is 12.2. The maximum atomic E-state index is 13.1. The van der Waals surface area contributed by atoms with E-state index in [0.29, 0.717) is 94.3 Å². The fourth-order valence-corrected chi connectivity index (χ4v) is 7.90. The number of hydrogen-bond donors (Lipinski definition) is 4. The highest BCUT2D eigenvalue weighted by Gasteiger charge is 2.40. The van der Waals surface area contributed by atoms with Gasteiger partial charge in [-0.1, -0.05) is 12.1 Å². The number of anilines is 3. The number of nitrogens with zero attached hydrogens (tertiary/aromatic N) is 6. The van der Waals surface area contributed by atoms with Crippen molar-refractivity contribution in [2.24, 2.45) is 5.73 Å². The fraction of sp³-hybridized carbons (Fsp3) is 0.450. The number of primary amides is 1. The third-order valence-electron chi connectivity index (χ3n) is 11.0. The summed E-state index contributed by atoms with van der Waals surface area (Å²) in [5.41, 5.74) is 8.73. The number of amides is 7. The molecule has 3 aromatic rings. The number of urea groups is 1. The first-order valence-electron chi connectivity index (χ1n) is 19.5. The van der Waals surface area contributed by atoms with E-state index >= 15 is 0 Å². The van der Waals surface area contributed by atoms with Gasteiger partial charge in [0.2, 0.25) is 17.7 Å². The molecule has 2 aromatic carbocycles. The van der Waals surface area contributed by atoms with E-state index in [2.05, 4.69) is 25.8 Å². The minimum atomic E-state index is -0.706. The van der Waals surface area contributed by atoms with E-state index in [0.717, 1.165) is 30.5 Å². The zero-order valence-electron chi connectivity index (χ0n) is 32.0. The third-order valence-corrected chi connectivity index (χ3v) is 11.0. The number of piperidine rings is 2. The van der Waals surface area contributed by atoms with E-state index in [9.17, 15) is 28.8 Å². The lowest BCUT2D eigenvalue weighted by Gasteiger charge is -2.37. The summed E-state index contributed by atoms with van der Waals surface area (Å²) in [7, 11) is 1.81. The van der Waals surface area contributed by atoms with Gasteiger partial charge in [0.1, 0.15) is 17.6 Å². The summed E-state index contributed by atoms with van der Waals surface area (Å²) in [5, 5.41) is 8.43. The normalized spacial score (nSPS) is 19.5. The maximum Gasteiger partial charge on any atom is 0.320 e. The zero-order chi connectivity index (χ0) is 40.1. The van der Waals surface area contributed by atoms with Crippen molar-refractivity contribution in [1.29, 1.82) is 0 Å². The van der Waals surface area contributed by atoms with Crippen LogP contribution in [0.25, 0.3) is 0 Å². The number of rotatable bonds is 15. The number of nitrogens with one attached hydrogen (secondary N) is 3. The van der Waals surface area contributed by atoms with Gasteiger partial charge < -0.3 is 40.7 Å². The molecule has 4 aliphatic rings. The number of fused-ring (bicyclic) bond motifs is 1. The molecule has 1 unspecified atom stereocenters. The fourth-order valence-electron chi connectivity index (χ4n) is 7.90. The van der Waals surface area contributed by atoms with Crippen LogP contribution in [0.1, 0.15) is 76.9 Å². The molecule has 1 aromatic heterocycles. The van der Waals surface area contributed by atoms with Crippen molar-refractivity contribution in [3.8, 4) is 5.75 Å². The van der Waals surface area contributed by atoms with E-state index in [1.54, 1.807) is 41.4 Å². The molecule has 7 rings (SSSR count). The minimum Gasteiger partial charge on any atom is -0.494 e. The average molecular weight is 781 g/mol. The predicted octanol–water partition coefficient (Wildman–Crippen LogP) is 2.32. The number of hydrogen-bond acceptors (Lipinski definition) is 11. The maximum absolute atomic E-state index is 13.1. The molecule has 4 aliphatic heterocycles. The highest BCUT2D eigenvalue weighted by Crippen LogP contribution is 2.31. The lowest BCUT2D eigenvalue weighted by molar-refractivity contribution is -0.137. The van der Waals surface area contributed by atoms with Gasteiger partial charge in [-0.2, -0.15) is 0 Å². The van der Waals surface area contributed by atoms with E-state index in [1.807, 2.05) is 24.1 Å². The summed E-state index contributed by atoms with van der Waals surface area (Å²) >= 11 is 0. The van der Waals surface area contributed by atoms with Crippen LogP contribution in [0.15, 0.2) is 48.7 Å². The molecule has 0 bridgehead atoms. The van der Waals surface area contributed by atoms with Crippen molar-refractivity contribution >= 4 is 52.9 Å². The number of imide groups is 1. The summed E-state index contributed by atoms with van der Waals surface area (Å²) in [6.45, 7) is 3.93. The summed E-state index contributed by atoms with van der Waals surface area (Å²) < 4.78 is 5.88. The molecule has 3 fully saturated rings. The Hall–Kier alpha value is -6.26. The Morgan fingerprint density at radius 1 is 1.00 bits per heavy atom. The van der Waals surface area contributed by atoms with E-state index in [-0.39, 0.29) is 47.7 Å². The molecular weight excluding hydrogens is 733 g/mol. The third kappa shape index (κ3) is 8.92. The Kier molecular flexibility index (Phi) is 11.8. The molecule has 2 atom stereocenters. The molecule has 17 heteroatoms. The Bertz CT molecular complexity index is 2040. The van der Waals surface area contributed by atoms with Crippen molar-refractivity contribution in [3.05, 3.63) is 71.0 Å². The van der Waals surface area contributed by atoms with Crippen LogP contribution in [-0.2, 0) is 27.3 Å². The quantitative estimate of drug-likeness (QED) is 0.130. The molecule has 5 N–H and O–H groups in total. The predicted molar refractivity (Wildman–Crippen MR) is 209 cm³/mol. The molecule has 0 saturated carbocycles. The molecule has 0 spiro atoms. The second-order valence-electron chi connectivity index (χ2n) is 14.8. The lowest BCUT2D eigenvalue weighted by atomic mass is 9.98. The minimum absolute atomic E-state index is 0.0180. The summed E-state index contributed by atoms with van der Waals surface area (Å²) in [6.07, 6.45) is 6.00. The van der Waals surface area contributed by atoms with Gasteiger partial charge in [-0.15, -0.1) is 0 Å². The Morgan fingerprint density at radius 3 is 2.58 bits per heavy atom. The first-order valence-corrected chi connectivity index (χ1v) is 19.5. The van der Waals surface area contributed by atoms with Gasteiger partial charge in [-0.3, -0.25) is 29.3 Å². The molecular formula is C40H48N10O7. The average Bonchev–Trinajstić information content (AvgIpc) is 3.72. The van der Waals surface area contributed by atoms with Gasteiger partial charge in [-0.25, -0.2) is 14.8 Å². The molecule has 17 nitrogen and oxygen atoms in total. The van der Waals surface area contributed by atoms with Crippen LogP contribution in [-0.4, -0.2) is 119 Å². The molecule has 0 aliphatic carbocycles. The first-order chi connectivity index (χ1) is 27.5. The second-order valence-corrected chi connectivity index (χ2v) is 14.8. The molecule has 5 heterocycles. The number of aromatic nitrogens is 2. The SMILES string of the molecule is CN1CCN([C@@H]2CCCN(c3cnc(C(N)=O)c(Nc4ccc(OCCCNC(=O)CCCc5cccc6c5CN(C5CCC(=O)NC5=O)C6=O)cc4)n3)C2)C1=O. The molecule has 0 radical (unpaired) electrons. The summed E-state index contributed by atoms with van der Waals surface area (Å²) in [4.78, 5) is 90.8. The lowest BCUT2D eigenvalue weighted by Crippen LogP contribution is -2.52. The van der Waals surface area contributed by atoms with Crippen LogP contribution >= 0.6 is 0 Å². The second kappa shape index (κ2) is 17.3. The van der Waals surface area contributed by atoms with Crippen molar-refractivity contribution in [2.45, 2.75) is 70.0 Å². The number of nitrogens with two attached hydrogens (primary N) is 1. The number of benzene rings is 2. The van der Waals surface area contributed by atoms with Gasteiger partial charge in [0, 0.05) is 70.4 Å². The molecule has 57 heavy (non-hydrogen) atoms. The number of carbonyl (C=O) groups is 6. The monoisotopic (exact) mass is 780 g/mol. The first kappa shape index (κ1) is 39.0. The highest BCUT2D eigenvalue weighted by atomic mass is 16.5. The standard InChI is InChI=1S/C40H48N10O7/c1-47-19-20-49(40(47)56)27-8-4-18-48(23-27)32-22-43-35(36(41)53)37(45-32)44-26-11-13-28(14-12-26)57-21-5-17-42-33(51)10-3-7-25-6-2-9-29-30(25)24-50(39(29)55)31-15-16-34(52)46-38(31)54/h2,6,9,11-14,22,27,31H,3-5,7-8,10,15-21,23-24H2,1H3,(H2,41,53)(H,42,51)(H,44,45)(H,46,52,54)/t27-,31?/m1/s1. The largest absolute Gasteiger partial charge is 0.494 e.